The molecule has 0 unspecified atom stereocenters. The van der Waals surface area contributed by atoms with Crippen LogP contribution in [0.25, 0.3) is 82.8 Å². The van der Waals surface area contributed by atoms with E-state index in [9.17, 15) is 13.2 Å². The summed E-state index contributed by atoms with van der Waals surface area (Å²) in [6.45, 7) is 20.3. The maximum atomic E-state index is 14.3. The molecule has 0 bridgehead atoms. The first kappa shape index (κ1) is 44.4. The number of aryl methyl sites for hydroxylation is 3. The largest absolute Gasteiger partial charge is 0.501 e. The van der Waals surface area contributed by atoms with Gasteiger partial charge in [-0.2, -0.15) is 13.2 Å². The monoisotopic (exact) mass is 1120 g/mol. The van der Waals surface area contributed by atoms with Gasteiger partial charge >= 0.3 is 6.18 Å². The normalized spacial score (nSPS) is 13.4. The smallest absolute Gasteiger partial charge is 0.416 e. The van der Waals surface area contributed by atoms with Gasteiger partial charge in [0.25, 0.3) is 0 Å². The second kappa shape index (κ2) is 18.8. The average molecular weight is 1120 g/mol. The van der Waals surface area contributed by atoms with Crippen molar-refractivity contribution in [1.29, 1.82) is 0 Å². The molecule has 3 heterocycles. The van der Waals surface area contributed by atoms with E-state index in [2.05, 4.69) is 80.1 Å². The number of alkyl halides is 3. The second-order valence-electron chi connectivity index (χ2n) is 19.8. The summed E-state index contributed by atoms with van der Waals surface area (Å²) >= 11 is 0. The number of benzene rings is 7. The van der Waals surface area contributed by atoms with Gasteiger partial charge in [0, 0.05) is 42.9 Å². The molecule has 0 N–H and O–H groups in total. The van der Waals surface area contributed by atoms with E-state index in [-0.39, 0.29) is 37.5 Å². The standard InChI is InChI=1S/C42H34F3N2O.C18H24NSi.Ir/c1-22(2)30-19-28(42(43,44)45)20-31(23(3)4)39(30)47-36-14-10-9-13-35(36)46-41(47)34-17-24(5)25(6)38-33-18-27-16-15-26-11-7-8-12-29(26)32(27)21-37(33)48-40(34)38;1-13(2)16-11-17(15-9-7-14(3)8-10-15)19-12-18(16)20(4,5)6;/h7-16,18-23H,1-6H3;7-9,11-13H,1-6H3;/q2*-1;/i;3D3,13D;. The quantitative estimate of drug-likeness (QED) is 0.0907. The summed E-state index contributed by atoms with van der Waals surface area (Å²) in [5.41, 5.74) is 9.72. The molecule has 0 fully saturated rings. The van der Waals surface area contributed by atoms with Crippen LogP contribution < -0.4 is 5.19 Å². The summed E-state index contributed by atoms with van der Waals surface area (Å²) in [6.07, 6.45) is -2.58. The maximum absolute atomic E-state index is 14.3. The number of hydrogen-bond acceptors (Lipinski definition) is 3. The van der Waals surface area contributed by atoms with E-state index in [1.54, 1.807) is 12.1 Å². The maximum Gasteiger partial charge on any atom is 0.416 e. The summed E-state index contributed by atoms with van der Waals surface area (Å²) in [7, 11) is -1.61. The number of pyridine rings is 1. The summed E-state index contributed by atoms with van der Waals surface area (Å²) in [6, 6.07) is 40.8. The number of fused-ring (bicyclic) bond motifs is 7. The van der Waals surface area contributed by atoms with Gasteiger partial charge < -0.3 is 14.0 Å². The number of para-hydroxylation sites is 2. The Labute approximate surface area is 424 Å². The van der Waals surface area contributed by atoms with Crippen LogP contribution in [0.15, 0.2) is 120 Å². The Morgan fingerprint density at radius 3 is 2.09 bits per heavy atom. The number of rotatable bonds is 7. The SMILES string of the molecule is Cc1[c-]c(-c2nc3ccccc3n2-c2c(C(C)C)cc(C(F)(F)F)cc2C(C)C)c2oc3cc4c(ccc5ccccc54)cc3c2c1C.[2H]C([2H])([2H])c1c[c-]c(-c2cc(C([2H])(C)C)c([Si](C)(C)C)cn2)cc1.[Ir]. The van der Waals surface area contributed by atoms with Crippen molar-refractivity contribution in [3.8, 4) is 28.3 Å². The zero-order valence-corrected chi connectivity index (χ0v) is 44.2. The van der Waals surface area contributed by atoms with Gasteiger partial charge in [0.2, 0.25) is 0 Å². The Hall–Kier alpha value is -5.86. The van der Waals surface area contributed by atoms with E-state index in [0.717, 1.165) is 82.6 Å². The van der Waals surface area contributed by atoms with Crippen LogP contribution in [0.5, 0.6) is 0 Å². The van der Waals surface area contributed by atoms with Crippen molar-refractivity contribution in [2.24, 2.45) is 0 Å². The molecule has 0 aliphatic carbocycles. The summed E-state index contributed by atoms with van der Waals surface area (Å²) < 4.78 is 82.4. The molecule has 7 aromatic carbocycles. The van der Waals surface area contributed by atoms with Crippen molar-refractivity contribution in [3.63, 3.8) is 0 Å². The molecule has 0 spiro atoms. The Morgan fingerprint density at radius 1 is 0.768 bits per heavy atom. The van der Waals surface area contributed by atoms with Gasteiger partial charge in [-0.1, -0.05) is 153 Å². The van der Waals surface area contributed by atoms with Gasteiger partial charge in [-0.05, 0) is 97.7 Å². The fraction of sp³-hybridized carbons (Fsp3) is 0.267. The third-order valence-electron chi connectivity index (χ3n) is 13.1. The molecular weight excluding hydrogens is 1060 g/mol. The van der Waals surface area contributed by atoms with Crippen LogP contribution in [0.3, 0.4) is 0 Å². The first-order chi connectivity index (χ1) is 33.7. The first-order valence-electron chi connectivity index (χ1n) is 25.2. The molecule has 9 heteroatoms. The van der Waals surface area contributed by atoms with Gasteiger partial charge in [-0.3, -0.25) is 4.98 Å². The molecule has 4 nitrogen and oxygen atoms in total. The van der Waals surface area contributed by atoms with E-state index in [0.29, 0.717) is 28.1 Å². The van der Waals surface area contributed by atoms with Crippen LogP contribution >= 0.6 is 0 Å². The zero-order chi connectivity index (χ0) is 52.0. The van der Waals surface area contributed by atoms with Crippen molar-refractivity contribution < 1.29 is 43.2 Å². The Balaban J connectivity index is 0.000000241. The van der Waals surface area contributed by atoms with Crippen molar-refractivity contribution in [2.45, 2.75) is 106 Å². The van der Waals surface area contributed by atoms with Crippen molar-refractivity contribution in [3.05, 3.63) is 166 Å². The number of imidazole rings is 1. The van der Waals surface area contributed by atoms with Crippen molar-refractivity contribution in [2.75, 3.05) is 0 Å². The van der Waals surface area contributed by atoms with Crippen LogP contribution in [-0.2, 0) is 26.3 Å². The predicted molar refractivity (Wildman–Crippen MR) is 281 cm³/mol. The molecule has 10 rings (SSSR count). The second-order valence-corrected chi connectivity index (χ2v) is 24.9. The minimum atomic E-state index is -4.47. The van der Waals surface area contributed by atoms with Gasteiger partial charge in [0.1, 0.15) is 5.58 Å². The number of nitrogens with zero attached hydrogens (tertiary/aromatic N) is 3. The summed E-state index contributed by atoms with van der Waals surface area (Å²) in [5.74, 6) is -0.509. The molecule has 0 aliphatic heterocycles. The van der Waals surface area contributed by atoms with Crippen LogP contribution in [0, 0.1) is 32.8 Å². The average Bonchev–Trinajstić information content (AvgIpc) is 3.89. The summed E-state index contributed by atoms with van der Waals surface area (Å²) in [4.78, 5) is 9.73. The van der Waals surface area contributed by atoms with Crippen LogP contribution in [0.4, 0.5) is 13.2 Å². The van der Waals surface area contributed by atoms with Gasteiger partial charge in [-0.25, -0.2) is 0 Å². The third-order valence-corrected chi connectivity index (χ3v) is 15.1. The Kier molecular flexibility index (Phi) is 12.1. The van der Waals surface area contributed by atoms with Crippen LogP contribution in [-0.4, -0.2) is 22.6 Å². The molecular formula is C60H58F3IrN3OSi-2. The molecule has 0 saturated carbocycles. The van der Waals surface area contributed by atoms with E-state index >= 15 is 0 Å². The number of aromatic nitrogens is 3. The van der Waals surface area contributed by atoms with Crippen LogP contribution in [0.1, 0.15) is 104 Å². The third kappa shape index (κ3) is 9.22. The van der Waals surface area contributed by atoms with E-state index in [1.165, 1.54) is 23.4 Å². The molecule has 0 aliphatic rings. The van der Waals surface area contributed by atoms with Crippen LogP contribution in [0.2, 0.25) is 19.6 Å². The minimum absolute atomic E-state index is 0. The van der Waals surface area contributed by atoms with E-state index in [1.807, 2.05) is 102 Å². The van der Waals surface area contributed by atoms with Gasteiger partial charge in [-0.15, -0.1) is 52.6 Å². The van der Waals surface area contributed by atoms with Gasteiger partial charge in [0.15, 0.2) is 0 Å². The molecule has 3 aromatic heterocycles. The fourth-order valence-corrected chi connectivity index (χ4v) is 11.0. The number of halogens is 3. The first-order valence-corrected chi connectivity index (χ1v) is 26.7. The Bertz CT molecular complexity index is 3700. The Morgan fingerprint density at radius 2 is 1.45 bits per heavy atom. The molecule has 69 heavy (non-hydrogen) atoms. The fourth-order valence-electron chi connectivity index (χ4n) is 9.43. The minimum Gasteiger partial charge on any atom is -0.501 e. The van der Waals surface area contributed by atoms with Crippen molar-refractivity contribution in [1.82, 2.24) is 14.5 Å². The molecule has 10 aromatic rings. The van der Waals surface area contributed by atoms with Gasteiger partial charge in [0.05, 0.1) is 36.1 Å². The van der Waals surface area contributed by atoms with Crippen molar-refractivity contribution >= 4 is 67.8 Å². The van der Waals surface area contributed by atoms with E-state index in [4.69, 9.17) is 14.9 Å². The zero-order valence-electron chi connectivity index (χ0n) is 44.8. The molecule has 355 valence electrons. The molecule has 0 amide bonds. The molecule has 0 atom stereocenters. The number of hydrogen-bond donors (Lipinski definition) is 0. The topological polar surface area (TPSA) is 43.9 Å². The van der Waals surface area contributed by atoms with E-state index < -0.39 is 32.6 Å². The molecule has 1 radical (unpaired) electrons. The number of furan rings is 1. The predicted octanol–water partition coefficient (Wildman–Crippen LogP) is 17.1. The molecule has 0 saturated heterocycles. The summed E-state index contributed by atoms with van der Waals surface area (Å²) in [5, 5.41) is 7.73.